The molecule has 122 valence electrons. The molecule has 0 aromatic heterocycles. The topological polar surface area (TPSA) is 41.6 Å². The van der Waals surface area contributed by atoms with Gasteiger partial charge in [-0.1, -0.05) is 23.7 Å². The van der Waals surface area contributed by atoms with Crippen LogP contribution in [0, 0.1) is 5.92 Å². The van der Waals surface area contributed by atoms with Crippen LogP contribution in [0.4, 0.5) is 4.79 Å². The summed E-state index contributed by atoms with van der Waals surface area (Å²) in [6.07, 6.45) is 0.744. The molecule has 1 aliphatic rings. The van der Waals surface area contributed by atoms with Crippen LogP contribution in [0.2, 0.25) is 5.02 Å². The summed E-state index contributed by atoms with van der Waals surface area (Å²) >= 11 is 5.96. The van der Waals surface area contributed by atoms with Gasteiger partial charge in [-0.2, -0.15) is 0 Å². The Bertz CT molecular complexity index is 510. The number of hydrogen-bond donors (Lipinski definition) is 1. The first kappa shape index (κ1) is 17.1. The lowest BCUT2D eigenvalue weighted by Gasteiger charge is -2.26. The Hall–Kier alpha value is -1.26. The number of hydrogen-bond acceptors (Lipinski definition) is 3. The molecule has 1 heterocycles. The zero-order chi connectivity index (χ0) is 16.3. The van der Waals surface area contributed by atoms with E-state index < -0.39 is 5.60 Å². The van der Waals surface area contributed by atoms with Gasteiger partial charge < -0.3 is 15.0 Å². The van der Waals surface area contributed by atoms with E-state index in [2.05, 4.69) is 5.32 Å². The first-order valence-electron chi connectivity index (χ1n) is 7.71. The van der Waals surface area contributed by atoms with Crippen LogP contribution in [0.5, 0.6) is 0 Å². The number of carbonyl (C=O) groups is 1. The van der Waals surface area contributed by atoms with E-state index in [0.717, 1.165) is 18.0 Å². The molecular formula is C17H25ClN2O2. The molecule has 2 unspecified atom stereocenters. The van der Waals surface area contributed by atoms with Crippen LogP contribution in [0.15, 0.2) is 24.3 Å². The summed E-state index contributed by atoms with van der Waals surface area (Å²) in [7, 11) is 1.95. The predicted molar refractivity (Wildman–Crippen MR) is 89.2 cm³/mol. The van der Waals surface area contributed by atoms with Crippen LogP contribution in [-0.2, 0) is 4.74 Å². The average Bonchev–Trinajstić information content (AvgIpc) is 2.89. The third-order valence-electron chi connectivity index (χ3n) is 3.89. The van der Waals surface area contributed by atoms with E-state index in [0.29, 0.717) is 12.5 Å². The van der Waals surface area contributed by atoms with Crippen LogP contribution < -0.4 is 5.32 Å². The van der Waals surface area contributed by atoms with E-state index in [1.54, 1.807) is 4.90 Å². The molecule has 1 aromatic rings. The molecule has 0 radical (unpaired) electrons. The van der Waals surface area contributed by atoms with E-state index in [-0.39, 0.29) is 12.1 Å². The molecule has 0 spiro atoms. The van der Waals surface area contributed by atoms with Gasteiger partial charge >= 0.3 is 6.09 Å². The van der Waals surface area contributed by atoms with Gasteiger partial charge in [0.2, 0.25) is 0 Å². The van der Waals surface area contributed by atoms with Gasteiger partial charge in [0.05, 0.1) is 0 Å². The summed E-state index contributed by atoms with van der Waals surface area (Å²) in [5, 5.41) is 4.10. The third-order valence-corrected chi connectivity index (χ3v) is 4.14. The predicted octanol–water partition coefficient (Wildman–Crippen LogP) is 3.86. The molecule has 4 nitrogen and oxygen atoms in total. The molecule has 1 saturated heterocycles. The highest BCUT2D eigenvalue weighted by Crippen LogP contribution is 2.31. The van der Waals surface area contributed by atoms with Crippen molar-refractivity contribution in [3.05, 3.63) is 34.9 Å². The summed E-state index contributed by atoms with van der Waals surface area (Å²) in [4.78, 5) is 14.0. The first-order valence-corrected chi connectivity index (χ1v) is 8.08. The standard InChI is InChI=1S/C17H25ClN2O2/c1-17(2,3)22-16(21)20-10-9-13(11-20)15(19-4)12-5-7-14(18)8-6-12/h5-8,13,15,19H,9-11H2,1-4H3. The number of nitrogens with one attached hydrogen (secondary N) is 1. The van der Waals surface area contributed by atoms with E-state index in [4.69, 9.17) is 16.3 Å². The smallest absolute Gasteiger partial charge is 0.410 e. The number of amides is 1. The third kappa shape index (κ3) is 4.37. The van der Waals surface area contributed by atoms with Crippen molar-refractivity contribution in [3.8, 4) is 0 Å². The molecule has 1 N–H and O–H groups in total. The zero-order valence-electron chi connectivity index (χ0n) is 13.7. The van der Waals surface area contributed by atoms with Gasteiger partial charge in [-0.25, -0.2) is 4.79 Å². The Morgan fingerprint density at radius 1 is 1.36 bits per heavy atom. The molecule has 1 amide bonds. The van der Waals surface area contributed by atoms with Crippen molar-refractivity contribution in [2.45, 2.75) is 38.8 Å². The zero-order valence-corrected chi connectivity index (χ0v) is 14.5. The highest BCUT2D eigenvalue weighted by molar-refractivity contribution is 6.30. The lowest BCUT2D eigenvalue weighted by molar-refractivity contribution is 0.0285. The summed E-state index contributed by atoms with van der Waals surface area (Å²) in [5.41, 5.74) is 0.747. The number of nitrogens with zero attached hydrogens (tertiary/aromatic N) is 1. The number of likely N-dealkylation sites (tertiary alicyclic amines) is 1. The minimum Gasteiger partial charge on any atom is -0.444 e. The summed E-state index contributed by atoms with van der Waals surface area (Å²) in [5.74, 6) is 0.374. The molecule has 0 aliphatic carbocycles. The van der Waals surface area contributed by atoms with E-state index in [1.807, 2.05) is 52.1 Å². The highest BCUT2D eigenvalue weighted by atomic mass is 35.5. The molecule has 1 fully saturated rings. The van der Waals surface area contributed by atoms with Crippen LogP contribution in [0.3, 0.4) is 0 Å². The number of ether oxygens (including phenoxy) is 1. The number of carbonyl (C=O) groups excluding carboxylic acids is 1. The van der Waals surface area contributed by atoms with Crippen LogP contribution in [0.25, 0.3) is 0 Å². The Morgan fingerprint density at radius 3 is 2.55 bits per heavy atom. The van der Waals surface area contributed by atoms with Gasteiger partial charge in [-0.15, -0.1) is 0 Å². The monoisotopic (exact) mass is 324 g/mol. The van der Waals surface area contributed by atoms with Gasteiger partial charge in [0.15, 0.2) is 0 Å². The van der Waals surface area contributed by atoms with Crippen molar-refractivity contribution < 1.29 is 9.53 Å². The average molecular weight is 325 g/mol. The second-order valence-corrected chi connectivity index (χ2v) is 7.23. The highest BCUT2D eigenvalue weighted by Gasteiger charge is 2.34. The number of rotatable bonds is 3. The molecule has 0 bridgehead atoms. The number of halogens is 1. The number of benzene rings is 1. The van der Waals surface area contributed by atoms with Crippen molar-refractivity contribution in [1.29, 1.82) is 0 Å². The fraction of sp³-hybridized carbons (Fsp3) is 0.588. The Kier molecular flexibility index (Phi) is 5.35. The Morgan fingerprint density at radius 2 is 2.00 bits per heavy atom. The molecule has 2 rings (SSSR count). The Labute approximate surface area is 137 Å². The van der Waals surface area contributed by atoms with Gasteiger partial charge in [-0.05, 0) is 57.9 Å². The maximum Gasteiger partial charge on any atom is 0.410 e. The fourth-order valence-corrected chi connectivity index (χ4v) is 3.02. The minimum absolute atomic E-state index is 0.213. The van der Waals surface area contributed by atoms with Crippen molar-refractivity contribution >= 4 is 17.7 Å². The summed E-state index contributed by atoms with van der Waals surface area (Å²) in [6, 6.07) is 8.10. The molecule has 5 heteroatoms. The van der Waals surface area contributed by atoms with E-state index in [9.17, 15) is 4.79 Å². The first-order chi connectivity index (χ1) is 10.3. The van der Waals surface area contributed by atoms with Crippen LogP contribution >= 0.6 is 11.6 Å². The minimum atomic E-state index is -0.451. The largest absolute Gasteiger partial charge is 0.444 e. The van der Waals surface area contributed by atoms with Crippen molar-refractivity contribution in [2.24, 2.45) is 5.92 Å². The van der Waals surface area contributed by atoms with E-state index >= 15 is 0 Å². The normalized spacial score (nSPS) is 20.0. The molecule has 0 saturated carbocycles. The van der Waals surface area contributed by atoms with Crippen LogP contribution in [-0.4, -0.2) is 36.7 Å². The molecule has 2 atom stereocenters. The lowest BCUT2D eigenvalue weighted by Crippen LogP contribution is -2.36. The van der Waals surface area contributed by atoms with Crippen LogP contribution in [0.1, 0.15) is 38.8 Å². The van der Waals surface area contributed by atoms with Gasteiger partial charge in [-0.3, -0.25) is 0 Å². The molecule has 1 aliphatic heterocycles. The second-order valence-electron chi connectivity index (χ2n) is 6.79. The molecule has 22 heavy (non-hydrogen) atoms. The summed E-state index contributed by atoms with van der Waals surface area (Å²) in [6.45, 7) is 7.13. The van der Waals surface area contributed by atoms with Gasteiger partial charge in [0, 0.05) is 24.2 Å². The SMILES string of the molecule is CNC(c1ccc(Cl)cc1)C1CCN(C(=O)OC(C)(C)C)C1. The Balaban J connectivity index is 2.01. The van der Waals surface area contributed by atoms with Crippen molar-refractivity contribution in [1.82, 2.24) is 10.2 Å². The molecule has 1 aromatic carbocycles. The quantitative estimate of drug-likeness (QED) is 0.918. The van der Waals surface area contributed by atoms with Crippen molar-refractivity contribution in [2.75, 3.05) is 20.1 Å². The van der Waals surface area contributed by atoms with E-state index in [1.165, 1.54) is 5.56 Å². The molecular weight excluding hydrogens is 300 g/mol. The van der Waals surface area contributed by atoms with Crippen molar-refractivity contribution in [3.63, 3.8) is 0 Å². The van der Waals surface area contributed by atoms with Gasteiger partial charge in [0.1, 0.15) is 5.60 Å². The fourth-order valence-electron chi connectivity index (χ4n) is 2.90. The maximum absolute atomic E-state index is 12.2. The van der Waals surface area contributed by atoms with Gasteiger partial charge in [0.25, 0.3) is 0 Å². The summed E-state index contributed by atoms with van der Waals surface area (Å²) < 4.78 is 5.45. The lowest BCUT2D eigenvalue weighted by atomic mass is 9.92. The second kappa shape index (κ2) is 6.88. The maximum atomic E-state index is 12.2.